The molecule has 4 rings (SSSR count). The van der Waals surface area contributed by atoms with Crippen LogP contribution in [-0.4, -0.2) is 48.6 Å². The fraction of sp³-hybridized carbons (Fsp3) is 0.353. The van der Waals surface area contributed by atoms with Crippen molar-refractivity contribution >= 4 is 29.0 Å². The van der Waals surface area contributed by atoms with Crippen molar-refractivity contribution in [3.05, 3.63) is 47.9 Å². The van der Waals surface area contributed by atoms with Crippen LogP contribution in [0, 0.1) is 5.92 Å². The van der Waals surface area contributed by atoms with Crippen molar-refractivity contribution in [1.29, 1.82) is 0 Å². The minimum absolute atomic E-state index is 0.147. The van der Waals surface area contributed by atoms with Crippen LogP contribution in [0.25, 0.3) is 5.65 Å². The van der Waals surface area contributed by atoms with E-state index in [0.717, 1.165) is 37.3 Å². The summed E-state index contributed by atoms with van der Waals surface area (Å²) in [5, 5.41) is 11.5. The molecule has 1 unspecified atom stereocenters. The van der Waals surface area contributed by atoms with Gasteiger partial charge in [0, 0.05) is 25.7 Å². The number of piperidine rings is 1. The first kappa shape index (κ1) is 16.7. The number of anilines is 1. The summed E-state index contributed by atoms with van der Waals surface area (Å²) in [6.45, 7) is 1.42. The zero-order valence-electron chi connectivity index (χ0n) is 14.0. The zero-order valence-corrected chi connectivity index (χ0v) is 14.8. The Kier molecular flexibility index (Phi) is 4.66. The van der Waals surface area contributed by atoms with Gasteiger partial charge >= 0.3 is 6.03 Å². The average Bonchev–Trinajstić information content (AvgIpc) is 3.07. The molecule has 1 aliphatic heterocycles. The molecule has 0 aromatic carbocycles. The van der Waals surface area contributed by atoms with E-state index >= 15 is 0 Å². The van der Waals surface area contributed by atoms with Gasteiger partial charge in [0.05, 0.1) is 18.1 Å². The predicted molar refractivity (Wildman–Crippen MR) is 97.0 cm³/mol. The van der Waals surface area contributed by atoms with Crippen LogP contribution in [0.2, 0.25) is 5.28 Å². The van der Waals surface area contributed by atoms with Crippen molar-refractivity contribution in [2.75, 3.05) is 18.4 Å². The van der Waals surface area contributed by atoms with Gasteiger partial charge in [0.1, 0.15) is 5.82 Å². The Morgan fingerprint density at radius 2 is 2.12 bits per heavy atom. The molecule has 2 amide bonds. The van der Waals surface area contributed by atoms with E-state index in [-0.39, 0.29) is 11.3 Å². The lowest BCUT2D eigenvalue weighted by Crippen LogP contribution is -2.43. The Bertz CT molecular complexity index is 911. The van der Waals surface area contributed by atoms with E-state index in [1.807, 2.05) is 33.7 Å². The Labute approximate surface area is 155 Å². The Morgan fingerprint density at radius 1 is 1.27 bits per heavy atom. The SMILES string of the molecule is O=C(Nc1cnc(Cl)nc1)N1CCCC(Cc2nnc3ccccn23)C1. The molecule has 3 aromatic heterocycles. The van der Waals surface area contributed by atoms with E-state index in [4.69, 9.17) is 11.6 Å². The molecule has 1 aliphatic rings. The van der Waals surface area contributed by atoms with Crippen LogP contribution in [0.1, 0.15) is 18.7 Å². The summed E-state index contributed by atoms with van der Waals surface area (Å²) in [5.74, 6) is 1.28. The maximum absolute atomic E-state index is 12.5. The number of aromatic nitrogens is 5. The van der Waals surface area contributed by atoms with E-state index in [0.29, 0.717) is 18.2 Å². The van der Waals surface area contributed by atoms with Crippen LogP contribution in [0.4, 0.5) is 10.5 Å². The van der Waals surface area contributed by atoms with Crippen LogP contribution >= 0.6 is 11.6 Å². The molecular weight excluding hydrogens is 354 g/mol. The number of amides is 2. The summed E-state index contributed by atoms with van der Waals surface area (Å²) >= 11 is 5.67. The third-order valence-corrected chi connectivity index (χ3v) is 4.73. The van der Waals surface area contributed by atoms with Crippen LogP contribution in [0.5, 0.6) is 0 Å². The smallest absolute Gasteiger partial charge is 0.321 e. The minimum Gasteiger partial charge on any atom is -0.324 e. The molecule has 1 saturated heterocycles. The molecule has 3 aromatic rings. The van der Waals surface area contributed by atoms with Gasteiger partial charge in [0.15, 0.2) is 5.65 Å². The van der Waals surface area contributed by atoms with Gasteiger partial charge in [-0.05, 0) is 42.5 Å². The average molecular weight is 372 g/mol. The summed E-state index contributed by atoms with van der Waals surface area (Å²) in [5.41, 5.74) is 1.38. The number of hydrogen-bond donors (Lipinski definition) is 1. The fourth-order valence-corrected chi connectivity index (χ4v) is 3.38. The lowest BCUT2D eigenvalue weighted by molar-refractivity contribution is 0.176. The van der Waals surface area contributed by atoms with Crippen LogP contribution in [0.15, 0.2) is 36.8 Å². The number of halogens is 1. The van der Waals surface area contributed by atoms with Crippen molar-refractivity contribution < 1.29 is 4.79 Å². The highest BCUT2D eigenvalue weighted by molar-refractivity contribution is 6.28. The van der Waals surface area contributed by atoms with E-state index in [1.54, 1.807) is 0 Å². The molecule has 134 valence electrons. The number of nitrogens with zero attached hydrogens (tertiary/aromatic N) is 6. The highest BCUT2D eigenvalue weighted by Gasteiger charge is 2.25. The Balaban J connectivity index is 1.40. The molecular formula is C17H18ClN7O. The minimum atomic E-state index is -0.147. The van der Waals surface area contributed by atoms with Crippen LogP contribution in [-0.2, 0) is 6.42 Å². The molecule has 0 spiro atoms. The summed E-state index contributed by atoms with van der Waals surface area (Å²) in [6, 6.07) is 5.70. The molecule has 1 atom stereocenters. The second kappa shape index (κ2) is 7.25. The molecule has 8 nitrogen and oxygen atoms in total. The number of pyridine rings is 1. The van der Waals surface area contributed by atoms with Crippen molar-refractivity contribution in [2.45, 2.75) is 19.3 Å². The highest BCUT2D eigenvalue weighted by Crippen LogP contribution is 2.21. The molecule has 26 heavy (non-hydrogen) atoms. The molecule has 1 fully saturated rings. The summed E-state index contributed by atoms with van der Waals surface area (Å²) < 4.78 is 2.00. The third kappa shape index (κ3) is 3.60. The summed E-state index contributed by atoms with van der Waals surface area (Å²) in [6.07, 6.45) is 7.78. The van der Waals surface area contributed by atoms with Gasteiger partial charge in [-0.15, -0.1) is 10.2 Å². The lowest BCUT2D eigenvalue weighted by atomic mass is 9.94. The van der Waals surface area contributed by atoms with Gasteiger partial charge in [-0.3, -0.25) is 4.40 Å². The van der Waals surface area contributed by atoms with E-state index in [2.05, 4.69) is 25.5 Å². The monoisotopic (exact) mass is 371 g/mol. The Morgan fingerprint density at radius 3 is 2.96 bits per heavy atom. The van der Waals surface area contributed by atoms with E-state index in [9.17, 15) is 4.79 Å². The van der Waals surface area contributed by atoms with Gasteiger partial charge in [0.25, 0.3) is 0 Å². The van der Waals surface area contributed by atoms with Gasteiger partial charge in [-0.2, -0.15) is 0 Å². The predicted octanol–water partition coefficient (Wildman–Crippen LogP) is 2.66. The molecule has 4 heterocycles. The molecule has 0 aliphatic carbocycles. The van der Waals surface area contributed by atoms with E-state index < -0.39 is 0 Å². The van der Waals surface area contributed by atoms with Crippen molar-refractivity contribution in [3.8, 4) is 0 Å². The van der Waals surface area contributed by atoms with Crippen LogP contribution < -0.4 is 5.32 Å². The first-order valence-electron chi connectivity index (χ1n) is 8.51. The molecule has 9 heteroatoms. The largest absolute Gasteiger partial charge is 0.324 e. The van der Waals surface area contributed by atoms with Gasteiger partial charge in [-0.1, -0.05) is 6.07 Å². The molecule has 0 radical (unpaired) electrons. The first-order chi connectivity index (χ1) is 12.7. The van der Waals surface area contributed by atoms with Crippen molar-refractivity contribution in [1.82, 2.24) is 29.5 Å². The van der Waals surface area contributed by atoms with Gasteiger partial charge < -0.3 is 10.2 Å². The van der Waals surface area contributed by atoms with Crippen molar-refractivity contribution in [3.63, 3.8) is 0 Å². The second-order valence-corrected chi connectivity index (χ2v) is 6.71. The number of carbonyl (C=O) groups excluding carboxylic acids is 1. The fourth-order valence-electron chi connectivity index (χ4n) is 3.28. The molecule has 1 N–H and O–H groups in total. The van der Waals surface area contributed by atoms with Gasteiger partial charge in [-0.25, -0.2) is 14.8 Å². The number of likely N-dealkylation sites (tertiary alicyclic amines) is 1. The lowest BCUT2D eigenvalue weighted by Gasteiger charge is -2.32. The highest BCUT2D eigenvalue weighted by atomic mass is 35.5. The Hall–Kier alpha value is -2.74. The van der Waals surface area contributed by atoms with Crippen molar-refractivity contribution in [2.24, 2.45) is 5.92 Å². The second-order valence-electron chi connectivity index (χ2n) is 6.37. The maximum atomic E-state index is 12.5. The number of hydrogen-bond acceptors (Lipinski definition) is 5. The number of fused-ring (bicyclic) bond motifs is 1. The standard InChI is InChI=1S/C17H18ClN7O/c18-16-19-9-13(10-20-16)21-17(26)24-6-3-4-12(11-24)8-15-23-22-14-5-1-2-7-25(14)15/h1-2,5,7,9-10,12H,3-4,6,8,11H2,(H,21,26). The summed E-state index contributed by atoms with van der Waals surface area (Å²) in [7, 11) is 0. The third-order valence-electron chi connectivity index (χ3n) is 4.53. The summed E-state index contributed by atoms with van der Waals surface area (Å²) in [4.78, 5) is 22.1. The van der Waals surface area contributed by atoms with Crippen LogP contribution in [0.3, 0.4) is 0 Å². The number of urea groups is 1. The maximum Gasteiger partial charge on any atom is 0.321 e. The molecule has 0 bridgehead atoms. The first-order valence-corrected chi connectivity index (χ1v) is 8.89. The molecule has 0 saturated carbocycles. The topological polar surface area (TPSA) is 88.3 Å². The quantitative estimate of drug-likeness (QED) is 0.715. The zero-order chi connectivity index (χ0) is 17.9. The number of carbonyl (C=O) groups is 1. The van der Waals surface area contributed by atoms with Gasteiger partial charge in [0.2, 0.25) is 5.28 Å². The number of nitrogens with one attached hydrogen (secondary N) is 1. The van der Waals surface area contributed by atoms with E-state index in [1.165, 1.54) is 12.4 Å². The normalized spacial score (nSPS) is 17.4. The number of rotatable bonds is 3.